The predicted octanol–water partition coefficient (Wildman–Crippen LogP) is 2.23. The van der Waals surface area contributed by atoms with Crippen LogP contribution in [0.5, 0.6) is 0 Å². The maximum absolute atomic E-state index is 10.2. The highest BCUT2D eigenvalue weighted by atomic mass is 16.4. The van der Waals surface area contributed by atoms with Gasteiger partial charge in [0.2, 0.25) is 0 Å². The number of hydrogen-bond donors (Lipinski definition) is 2. The van der Waals surface area contributed by atoms with Gasteiger partial charge in [-0.3, -0.25) is 9.59 Å². The van der Waals surface area contributed by atoms with Crippen molar-refractivity contribution in [3.63, 3.8) is 0 Å². The molecule has 0 radical (unpaired) electrons. The predicted molar refractivity (Wildman–Crippen MR) is 54.2 cm³/mol. The van der Waals surface area contributed by atoms with Crippen molar-refractivity contribution in [1.82, 2.24) is 0 Å². The van der Waals surface area contributed by atoms with E-state index in [9.17, 15) is 9.59 Å². The Morgan fingerprint density at radius 3 is 1.29 bits per heavy atom. The Morgan fingerprint density at radius 1 is 1.00 bits per heavy atom. The molecule has 0 aliphatic carbocycles. The zero-order chi connectivity index (χ0) is 11.7. The van der Waals surface area contributed by atoms with Crippen LogP contribution >= 0.6 is 0 Å². The van der Waals surface area contributed by atoms with Crippen LogP contribution in [0.3, 0.4) is 0 Å². The van der Waals surface area contributed by atoms with Gasteiger partial charge in [-0.05, 0) is 5.92 Å². The number of unbranched alkanes of at least 4 members (excludes halogenated alkanes) is 1. The van der Waals surface area contributed by atoms with Crippen LogP contribution in [-0.2, 0) is 9.59 Å². The Balaban J connectivity index is 0. The Hall–Kier alpha value is -1.06. The molecule has 0 unspecified atom stereocenters. The zero-order valence-electron chi connectivity index (χ0n) is 9.28. The van der Waals surface area contributed by atoms with Gasteiger partial charge in [0.15, 0.2) is 5.92 Å². The van der Waals surface area contributed by atoms with Gasteiger partial charge in [-0.1, -0.05) is 40.5 Å². The highest BCUT2D eigenvalue weighted by Gasteiger charge is 2.28. The molecule has 4 nitrogen and oxygen atoms in total. The molecule has 84 valence electrons. The van der Waals surface area contributed by atoms with Gasteiger partial charge < -0.3 is 10.2 Å². The van der Waals surface area contributed by atoms with Crippen LogP contribution in [0.4, 0.5) is 0 Å². The average Bonchev–Trinajstić information content (AvgIpc) is 2.02. The molecule has 0 fully saturated rings. The topological polar surface area (TPSA) is 74.6 Å². The molecule has 4 heteroatoms. The van der Waals surface area contributed by atoms with Crippen molar-refractivity contribution in [2.45, 2.75) is 40.5 Å². The lowest BCUT2D eigenvalue weighted by molar-refractivity contribution is -0.156. The molecule has 14 heavy (non-hydrogen) atoms. The number of carbonyl (C=O) groups is 2. The lowest BCUT2D eigenvalue weighted by Crippen LogP contribution is -2.28. The van der Waals surface area contributed by atoms with Crippen molar-refractivity contribution in [1.29, 1.82) is 0 Å². The molecule has 0 aromatic heterocycles. The van der Waals surface area contributed by atoms with Crippen molar-refractivity contribution in [2.75, 3.05) is 0 Å². The first-order valence-electron chi connectivity index (χ1n) is 4.84. The first-order chi connectivity index (χ1) is 6.38. The van der Waals surface area contributed by atoms with Gasteiger partial charge in [0.1, 0.15) is 0 Å². The van der Waals surface area contributed by atoms with Crippen molar-refractivity contribution in [3.8, 4) is 0 Å². The molecule has 0 aromatic carbocycles. The van der Waals surface area contributed by atoms with Gasteiger partial charge >= 0.3 is 11.9 Å². The third-order valence-electron chi connectivity index (χ3n) is 1.70. The lowest BCUT2D eigenvalue weighted by atomic mass is 9.97. The minimum atomic E-state index is -1.28. The van der Waals surface area contributed by atoms with Crippen LogP contribution < -0.4 is 0 Å². The Morgan fingerprint density at radius 2 is 1.29 bits per heavy atom. The molecule has 0 amide bonds. The highest BCUT2D eigenvalue weighted by molar-refractivity contribution is 5.93. The van der Waals surface area contributed by atoms with Gasteiger partial charge in [-0.25, -0.2) is 0 Å². The first-order valence-corrected chi connectivity index (χ1v) is 4.84. The van der Waals surface area contributed by atoms with Crippen molar-refractivity contribution < 1.29 is 19.8 Å². The summed E-state index contributed by atoms with van der Waals surface area (Å²) in [6.07, 6.45) is 2.64. The van der Waals surface area contributed by atoms with E-state index in [1.54, 1.807) is 13.8 Å². The molecule has 0 bridgehead atoms. The van der Waals surface area contributed by atoms with Crippen LogP contribution in [0.2, 0.25) is 0 Å². The van der Waals surface area contributed by atoms with Crippen molar-refractivity contribution >= 4 is 11.9 Å². The molecule has 0 heterocycles. The van der Waals surface area contributed by atoms with Gasteiger partial charge in [0, 0.05) is 0 Å². The van der Waals surface area contributed by atoms with E-state index < -0.39 is 17.9 Å². The summed E-state index contributed by atoms with van der Waals surface area (Å²) in [6.45, 7) is 7.49. The monoisotopic (exact) mass is 204 g/mol. The second-order valence-corrected chi connectivity index (χ2v) is 3.40. The van der Waals surface area contributed by atoms with E-state index in [1.807, 2.05) is 0 Å². The third kappa shape index (κ3) is 7.58. The molecule has 0 aliphatic heterocycles. The normalized spacial score (nSPS) is 9.57. The van der Waals surface area contributed by atoms with E-state index in [-0.39, 0.29) is 5.92 Å². The van der Waals surface area contributed by atoms with E-state index in [4.69, 9.17) is 10.2 Å². The summed E-state index contributed by atoms with van der Waals surface area (Å²) in [5, 5.41) is 16.7. The smallest absolute Gasteiger partial charge is 0.318 e. The largest absolute Gasteiger partial charge is 0.481 e. The summed E-state index contributed by atoms with van der Waals surface area (Å²) in [5.41, 5.74) is 0. The number of carboxylic acid groups (broad SMARTS) is 2. The van der Waals surface area contributed by atoms with E-state index in [1.165, 1.54) is 12.8 Å². The second kappa shape index (κ2) is 8.53. The van der Waals surface area contributed by atoms with Gasteiger partial charge in [0.25, 0.3) is 0 Å². The number of hydrogen-bond acceptors (Lipinski definition) is 2. The number of aliphatic carboxylic acids is 2. The minimum Gasteiger partial charge on any atom is -0.481 e. The summed E-state index contributed by atoms with van der Waals surface area (Å²) < 4.78 is 0. The maximum atomic E-state index is 10.2. The average molecular weight is 204 g/mol. The summed E-state index contributed by atoms with van der Waals surface area (Å²) in [4.78, 5) is 20.4. The van der Waals surface area contributed by atoms with Crippen molar-refractivity contribution in [2.24, 2.45) is 11.8 Å². The summed E-state index contributed by atoms with van der Waals surface area (Å²) in [6, 6.07) is 0. The van der Waals surface area contributed by atoms with Crippen LogP contribution in [0, 0.1) is 11.8 Å². The summed E-state index contributed by atoms with van der Waals surface area (Å²) in [7, 11) is 0. The molecule has 0 saturated heterocycles. The van der Waals surface area contributed by atoms with Gasteiger partial charge in [0.05, 0.1) is 0 Å². The molecule has 0 aromatic rings. The standard InChI is InChI=1S/C6H10O4.C4H10/c1-3(2)4(5(7)8)6(9)10;1-3-4-2/h3-4H,1-2H3,(H,7,8)(H,9,10);3-4H2,1-2H3. The van der Waals surface area contributed by atoms with Gasteiger partial charge in [-0.2, -0.15) is 0 Å². The quantitative estimate of drug-likeness (QED) is 0.688. The van der Waals surface area contributed by atoms with E-state index in [2.05, 4.69) is 13.8 Å². The number of rotatable bonds is 4. The molecular weight excluding hydrogens is 184 g/mol. The number of carboxylic acids is 2. The fraction of sp³-hybridized carbons (Fsp3) is 0.800. The molecule has 0 saturated carbocycles. The first kappa shape index (κ1) is 15.4. The SMILES string of the molecule is CC(C)C(C(=O)O)C(=O)O.CCCC. The lowest BCUT2D eigenvalue weighted by Gasteiger charge is -2.09. The van der Waals surface area contributed by atoms with Crippen molar-refractivity contribution in [3.05, 3.63) is 0 Å². The van der Waals surface area contributed by atoms with Crippen LogP contribution in [0.25, 0.3) is 0 Å². The van der Waals surface area contributed by atoms with E-state index in [0.717, 1.165) is 0 Å². The minimum absolute atomic E-state index is 0.366. The van der Waals surface area contributed by atoms with Crippen LogP contribution in [0.15, 0.2) is 0 Å². The molecular formula is C10H20O4. The summed E-state index contributed by atoms with van der Waals surface area (Å²) >= 11 is 0. The Bertz CT molecular complexity index is 159. The summed E-state index contributed by atoms with van der Waals surface area (Å²) in [5.74, 6) is -4.19. The van der Waals surface area contributed by atoms with E-state index >= 15 is 0 Å². The van der Waals surface area contributed by atoms with Gasteiger partial charge in [-0.15, -0.1) is 0 Å². The van der Waals surface area contributed by atoms with E-state index in [0.29, 0.717) is 0 Å². The Labute approximate surface area is 84.9 Å². The van der Waals surface area contributed by atoms with Crippen LogP contribution in [0.1, 0.15) is 40.5 Å². The molecule has 0 rings (SSSR count). The molecule has 2 N–H and O–H groups in total. The second-order valence-electron chi connectivity index (χ2n) is 3.40. The molecule has 0 atom stereocenters. The molecule has 0 spiro atoms. The zero-order valence-corrected chi connectivity index (χ0v) is 9.28. The maximum Gasteiger partial charge on any atom is 0.318 e. The molecule has 0 aliphatic rings. The fourth-order valence-corrected chi connectivity index (χ4v) is 0.676. The highest BCUT2D eigenvalue weighted by Crippen LogP contribution is 2.10. The Kier molecular flexibility index (Phi) is 9.40. The van der Waals surface area contributed by atoms with Crippen LogP contribution in [-0.4, -0.2) is 22.2 Å². The fourth-order valence-electron chi connectivity index (χ4n) is 0.676. The third-order valence-corrected chi connectivity index (χ3v) is 1.70.